The Hall–Kier alpha value is -0.950. The molecule has 12 nitrogen and oxygen atoms in total. The van der Waals surface area contributed by atoms with Crippen molar-refractivity contribution in [3.63, 3.8) is 0 Å². The molecule has 12 heteroatoms. The van der Waals surface area contributed by atoms with E-state index in [1.807, 2.05) is 6.07 Å². The van der Waals surface area contributed by atoms with Crippen molar-refractivity contribution >= 4 is 0 Å². The topological polar surface area (TPSA) is 202 Å². The van der Waals surface area contributed by atoms with Gasteiger partial charge in [-0.1, -0.05) is 0 Å². The van der Waals surface area contributed by atoms with Crippen molar-refractivity contribution in [3.05, 3.63) is 0 Å². The largest absolute Gasteiger partial charge is 0.394 e. The van der Waals surface area contributed by atoms with Crippen LogP contribution in [0, 0.1) is 11.3 Å². The predicted molar refractivity (Wildman–Crippen MR) is 82.6 cm³/mol. The van der Waals surface area contributed by atoms with Crippen molar-refractivity contribution in [1.29, 1.82) is 5.26 Å². The minimum atomic E-state index is -2.23. The number of rotatable bonds is 8. The quantitative estimate of drug-likeness (QED) is 0.195. The summed E-state index contributed by atoms with van der Waals surface area (Å²) in [6.45, 7) is -1.81. The molecule has 9 atom stereocenters. The van der Waals surface area contributed by atoms with E-state index in [0.29, 0.717) is 0 Å². The Morgan fingerprint density at radius 2 is 1.67 bits per heavy atom. The summed E-state index contributed by atoms with van der Waals surface area (Å²) in [4.78, 5) is 0. The van der Waals surface area contributed by atoms with Crippen LogP contribution in [0.3, 0.4) is 0 Å². The van der Waals surface area contributed by atoms with Gasteiger partial charge in [-0.3, -0.25) is 0 Å². The first kappa shape index (κ1) is 22.3. The number of hydrogen-bond acceptors (Lipinski definition) is 12. The molecule has 2 rings (SSSR count). The molecule has 2 saturated heterocycles. The lowest BCUT2D eigenvalue weighted by atomic mass is 9.99. The zero-order valence-corrected chi connectivity index (χ0v) is 14.4. The smallest absolute Gasteiger partial charge is 0.224 e. The van der Waals surface area contributed by atoms with Gasteiger partial charge >= 0.3 is 0 Å². The van der Waals surface area contributed by atoms with Gasteiger partial charge in [0.25, 0.3) is 0 Å². The predicted octanol–water partition coefficient (Wildman–Crippen LogP) is -4.46. The second-order valence-corrected chi connectivity index (χ2v) is 6.36. The Bertz CT molecular complexity index is 516. The van der Waals surface area contributed by atoms with E-state index in [0.717, 1.165) is 0 Å². The SMILES string of the molecule is N#CCCOC[C@H]1O[C@H](O[C@]2(CO)O[C@H](CO)[C@@H](O)[C@@H]2O)[C@H](O)[C@@H](O)[C@@H]1O. The van der Waals surface area contributed by atoms with E-state index in [1.165, 1.54) is 0 Å². The fourth-order valence-corrected chi connectivity index (χ4v) is 2.94. The lowest BCUT2D eigenvalue weighted by Gasteiger charge is -2.43. The number of aliphatic hydroxyl groups excluding tert-OH is 7. The Labute approximate surface area is 154 Å². The van der Waals surface area contributed by atoms with Crippen LogP contribution in [0.25, 0.3) is 0 Å². The maximum atomic E-state index is 10.1. The summed E-state index contributed by atoms with van der Waals surface area (Å²) >= 11 is 0. The lowest BCUT2D eigenvalue weighted by Crippen LogP contribution is -2.62. The fourth-order valence-electron chi connectivity index (χ4n) is 2.94. The second kappa shape index (κ2) is 9.50. The van der Waals surface area contributed by atoms with Crippen LogP contribution in [0.15, 0.2) is 0 Å². The van der Waals surface area contributed by atoms with E-state index in [-0.39, 0.29) is 19.6 Å². The highest BCUT2D eigenvalue weighted by molar-refractivity contribution is 4.98. The molecule has 2 aliphatic rings. The van der Waals surface area contributed by atoms with Crippen molar-refractivity contribution in [2.24, 2.45) is 0 Å². The zero-order valence-electron chi connectivity index (χ0n) is 14.4. The second-order valence-electron chi connectivity index (χ2n) is 6.36. The maximum absolute atomic E-state index is 10.1. The van der Waals surface area contributed by atoms with Gasteiger partial charge in [0, 0.05) is 0 Å². The number of aliphatic hydroxyl groups is 7. The molecule has 2 fully saturated rings. The molecule has 7 N–H and O–H groups in total. The minimum absolute atomic E-state index is 0.0556. The summed E-state index contributed by atoms with van der Waals surface area (Å²) in [6.07, 6.45) is -12.4. The highest BCUT2D eigenvalue weighted by Gasteiger charge is 2.58. The molecule has 2 aliphatic heterocycles. The average Bonchev–Trinajstić information content (AvgIpc) is 2.91. The highest BCUT2D eigenvalue weighted by atomic mass is 16.8. The Morgan fingerprint density at radius 3 is 2.22 bits per heavy atom. The lowest BCUT2D eigenvalue weighted by molar-refractivity contribution is -0.384. The minimum Gasteiger partial charge on any atom is -0.394 e. The molecule has 0 spiro atoms. The summed E-state index contributed by atoms with van der Waals surface area (Å²) in [5, 5.41) is 77.4. The summed E-state index contributed by atoms with van der Waals surface area (Å²) in [5.74, 6) is -2.23. The first-order valence-electron chi connectivity index (χ1n) is 8.39. The highest BCUT2D eigenvalue weighted by Crippen LogP contribution is 2.35. The van der Waals surface area contributed by atoms with E-state index >= 15 is 0 Å². The monoisotopic (exact) mass is 395 g/mol. The molecule has 0 aromatic heterocycles. The third-order valence-electron chi connectivity index (χ3n) is 4.53. The summed E-state index contributed by atoms with van der Waals surface area (Å²) < 4.78 is 21.1. The van der Waals surface area contributed by atoms with E-state index in [9.17, 15) is 35.7 Å². The molecule has 27 heavy (non-hydrogen) atoms. The van der Waals surface area contributed by atoms with Crippen LogP contribution in [-0.2, 0) is 18.9 Å². The van der Waals surface area contributed by atoms with E-state index in [4.69, 9.17) is 24.2 Å². The van der Waals surface area contributed by atoms with Crippen LogP contribution in [0.2, 0.25) is 0 Å². The Morgan fingerprint density at radius 1 is 0.963 bits per heavy atom. The van der Waals surface area contributed by atoms with Gasteiger partial charge in [-0.15, -0.1) is 0 Å². The van der Waals surface area contributed by atoms with Crippen molar-refractivity contribution in [3.8, 4) is 6.07 Å². The third kappa shape index (κ3) is 4.56. The van der Waals surface area contributed by atoms with Crippen molar-refractivity contribution in [2.45, 2.75) is 61.2 Å². The van der Waals surface area contributed by atoms with Gasteiger partial charge < -0.3 is 54.7 Å². The summed E-state index contributed by atoms with van der Waals surface area (Å²) in [7, 11) is 0. The van der Waals surface area contributed by atoms with Gasteiger partial charge in [-0.05, 0) is 0 Å². The Balaban J connectivity index is 2.09. The molecular weight excluding hydrogens is 370 g/mol. The number of hydrogen-bond donors (Lipinski definition) is 7. The van der Waals surface area contributed by atoms with Gasteiger partial charge in [0.15, 0.2) is 6.29 Å². The van der Waals surface area contributed by atoms with Crippen LogP contribution < -0.4 is 0 Å². The summed E-state index contributed by atoms with van der Waals surface area (Å²) in [6, 6.07) is 1.86. The van der Waals surface area contributed by atoms with E-state index in [1.54, 1.807) is 0 Å². The first-order chi connectivity index (χ1) is 12.8. The molecule has 0 aromatic carbocycles. The number of ether oxygens (including phenoxy) is 4. The van der Waals surface area contributed by atoms with Crippen LogP contribution in [-0.4, -0.2) is 117 Å². The van der Waals surface area contributed by atoms with Crippen LogP contribution in [0.1, 0.15) is 6.42 Å². The van der Waals surface area contributed by atoms with Crippen molar-refractivity contribution < 1.29 is 54.7 Å². The molecule has 0 amide bonds. The van der Waals surface area contributed by atoms with Crippen LogP contribution >= 0.6 is 0 Å². The first-order valence-corrected chi connectivity index (χ1v) is 8.39. The fraction of sp³-hybridized carbons (Fsp3) is 0.933. The molecule has 0 aromatic rings. The van der Waals surface area contributed by atoms with Crippen molar-refractivity contribution in [2.75, 3.05) is 26.4 Å². The van der Waals surface area contributed by atoms with Crippen molar-refractivity contribution in [1.82, 2.24) is 0 Å². The van der Waals surface area contributed by atoms with Gasteiger partial charge in [0.1, 0.15) is 49.3 Å². The van der Waals surface area contributed by atoms with Gasteiger partial charge in [0.05, 0.1) is 32.3 Å². The molecule has 0 unspecified atom stereocenters. The molecule has 0 radical (unpaired) electrons. The van der Waals surface area contributed by atoms with Gasteiger partial charge in [0.2, 0.25) is 5.79 Å². The number of nitrogens with zero attached hydrogens (tertiary/aromatic N) is 1. The zero-order chi connectivity index (χ0) is 20.2. The molecule has 0 saturated carbocycles. The van der Waals surface area contributed by atoms with Gasteiger partial charge in [-0.25, -0.2) is 0 Å². The van der Waals surface area contributed by atoms with Crippen LogP contribution in [0.4, 0.5) is 0 Å². The molecular formula is C15H25NO11. The molecule has 2 heterocycles. The van der Waals surface area contributed by atoms with Crippen LogP contribution in [0.5, 0.6) is 0 Å². The maximum Gasteiger partial charge on any atom is 0.224 e. The van der Waals surface area contributed by atoms with E-state index < -0.39 is 68.0 Å². The molecule has 0 bridgehead atoms. The standard InChI is InChI=1S/C15H25NO11/c16-2-1-3-24-5-8-9(19)11(21)12(22)14(25-8)27-15(6-18)13(23)10(20)7(4-17)26-15/h7-14,17-23H,1,3-6H2/t7-,8-,9-,10-,11+,12-,13+,14-,15+/m1/s1. The average molecular weight is 395 g/mol. The number of nitriles is 1. The van der Waals surface area contributed by atoms with Gasteiger partial charge in [-0.2, -0.15) is 5.26 Å². The molecule has 0 aliphatic carbocycles. The van der Waals surface area contributed by atoms with E-state index in [2.05, 4.69) is 0 Å². The normalized spacial score (nSPS) is 45.0. The molecule has 156 valence electrons. The third-order valence-corrected chi connectivity index (χ3v) is 4.53. The summed E-state index contributed by atoms with van der Waals surface area (Å²) in [5.41, 5.74) is 0. The Kier molecular flexibility index (Phi) is 7.86.